The molecule has 3 N–H and O–H groups in total. The molecular formula is C15H13N3O3. The average molecular weight is 283 g/mol. The van der Waals surface area contributed by atoms with Crippen LogP contribution in [-0.2, 0) is 11.2 Å². The molecule has 0 radical (unpaired) electrons. The number of hydrogen-bond donors (Lipinski definition) is 3. The van der Waals surface area contributed by atoms with Crippen molar-refractivity contribution in [2.24, 2.45) is 0 Å². The molecule has 1 heterocycles. The third-order valence-corrected chi connectivity index (χ3v) is 2.90. The Hall–Kier alpha value is -3.07. The van der Waals surface area contributed by atoms with Crippen LogP contribution in [0.4, 0.5) is 0 Å². The Labute approximate surface area is 121 Å². The van der Waals surface area contributed by atoms with Crippen molar-refractivity contribution in [1.82, 2.24) is 15.3 Å². The molecule has 0 unspecified atom stereocenters. The van der Waals surface area contributed by atoms with Crippen LogP contribution in [0.15, 0.2) is 36.8 Å². The Morgan fingerprint density at radius 3 is 2.62 bits per heavy atom. The van der Waals surface area contributed by atoms with E-state index in [0.29, 0.717) is 16.8 Å². The Kier molecular flexibility index (Phi) is 4.36. The fourth-order valence-corrected chi connectivity index (χ4v) is 1.78. The van der Waals surface area contributed by atoms with E-state index in [2.05, 4.69) is 21.2 Å². The van der Waals surface area contributed by atoms with Crippen LogP contribution < -0.4 is 5.32 Å². The number of imidazole rings is 1. The molecule has 2 aromatic rings. The zero-order chi connectivity index (χ0) is 15.2. The highest BCUT2D eigenvalue weighted by Gasteiger charge is 2.21. The Morgan fingerprint density at radius 1 is 1.38 bits per heavy atom. The number of rotatable bonds is 5. The molecule has 0 saturated heterocycles. The summed E-state index contributed by atoms with van der Waals surface area (Å²) in [5.41, 5.74) is 1.63. The van der Waals surface area contributed by atoms with Crippen LogP contribution >= 0.6 is 0 Å². The number of carbonyl (C=O) groups excluding carboxylic acids is 1. The van der Waals surface area contributed by atoms with Crippen molar-refractivity contribution < 1.29 is 14.7 Å². The van der Waals surface area contributed by atoms with E-state index in [1.165, 1.54) is 12.5 Å². The van der Waals surface area contributed by atoms with Crippen LogP contribution in [0.25, 0.3) is 0 Å². The summed E-state index contributed by atoms with van der Waals surface area (Å²) < 4.78 is 0. The molecule has 0 aliphatic heterocycles. The highest BCUT2D eigenvalue weighted by molar-refractivity contribution is 5.96. The topological polar surface area (TPSA) is 95.1 Å². The van der Waals surface area contributed by atoms with E-state index < -0.39 is 17.9 Å². The highest BCUT2D eigenvalue weighted by Crippen LogP contribution is 2.05. The fraction of sp³-hybridized carbons (Fsp3) is 0.133. The maximum absolute atomic E-state index is 12.0. The lowest BCUT2D eigenvalue weighted by molar-refractivity contribution is -0.139. The van der Waals surface area contributed by atoms with Gasteiger partial charge in [0.15, 0.2) is 0 Å². The first kappa shape index (κ1) is 14.3. The number of aromatic nitrogens is 2. The van der Waals surface area contributed by atoms with Crippen molar-refractivity contribution in [3.05, 3.63) is 53.6 Å². The molecule has 2 rings (SSSR count). The minimum Gasteiger partial charge on any atom is -0.480 e. The molecule has 1 aromatic carbocycles. The number of terminal acetylenes is 1. The van der Waals surface area contributed by atoms with E-state index in [9.17, 15) is 14.7 Å². The second kappa shape index (κ2) is 6.39. The van der Waals surface area contributed by atoms with Gasteiger partial charge in [-0.2, -0.15) is 0 Å². The molecule has 0 bridgehead atoms. The monoisotopic (exact) mass is 283 g/mol. The Balaban J connectivity index is 2.07. The van der Waals surface area contributed by atoms with Crippen LogP contribution in [0.2, 0.25) is 0 Å². The van der Waals surface area contributed by atoms with Crippen molar-refractivity contribution in [3.63, 3.8) is 0 Å². The third-order valence-electron chi connectivity index (χ3n) is 2.90. The van der Waals surface area contributed by atoms with Crippen molar-refractivity contribution >= 4 is 11.9 Å². The van der Waals surface area contributed by atoms with E-state index in [4.69, 9.17) is 6.42 Å². The number of amides is 1. The zero-order valence-corrected chi connectivity index (χ0v) is 11.0. The summed E-state index contributed by atoms with van der Waals surface area (Å²) in [5.74, 6) is 0.865. The molecule has 0 aliphatic rings. The first-order valence-corrected chi connectivity index (χ1v) is 6.17. The van der Waals surface area contributed by atoms with Gasteiger partial charge in [-0.25, -0.2) is 9.78 Å². The number of H-pyrrole nitrogens is 1. The van der Waals surface area contributed by atoms with Crippen molar-refractivity contribution in [2.45, 2.75) is 12.5 Å². The van der Waals surface area contributed by atoms with Crippen LogP contribution in [0.5, 0.6) is 0 Å². The molecule has 0 spiro atoms. The molecule has 21 heavy (non-hydrogen) atoms. The summed E-state index contributed by atoms with van der Waals surface area (Å²) in [6.45, 7) is 0. The molecule has 1 aromatic heterocycles. The predicted octanol–water partition coefficient (Wildman–Crippen LogP) is 0.817. The minimum absolute atomic E-state index is 0.128. The predicted molar refractivity (Wildman–Crippen MR) is 75.6 cm³/mol. The molecule has 0 saturated carbocycles. The van der Waals surface area contributed by atoms with Gasteiger partial charge >= 0.3 is 5.97 Å². The smallest absolute Gasteiger partial charge is 0.326 e. The largest absolute Gasteiger partial charge is 0.480 e. The number of hydrogen-bond acceptors (Lipinski definition) is 3. The van der Waals surface area contributed by atoms with Gasteiger partial charge in [-0.3, -0.25) is 4.79 Å². The van der Waals surface area contributed by atoms with E-state index in [0.717, 1.165) is 0 Å². The molecule has 0 aliphatic carbocycles. The van der Waals surface area contributed by atoms with E-state index in [1.54, 1.807) is 24.3 Å². The summed E-state index contributed by atoms with van der Waals surface area (Å²) in [7, 11) is 0. The van der Waals surface area contributed by atoms with Gasteiger partial charge in [0.05, 0.1) is 6.33 Å². The minimum atomic E-state index is -1.11. The van der Waals surface area contributed by atoms with Gasteiger partial charge in [0.1, 0.15) is 6.04 Å². The molecule has 0 fully saturated rings. The van der Waals surface area contributed by atoms with Crippen molar-refractivity contribution in [1.29, 1.82) is 0 Å². The molecule has 6 heteroatoms. The van der Waals surface area contributed by atoms with Gasteiger partial charge in [-0.05, 0) is 24.3 Å². The molecule has 1 amide bonds. The van der Waals surface area contributed by atoms with Gasteiger partial charge < -0.3 is 15.4 Å². The van der Waals surface area contributed by atoms with E-state index in [1.807, 2.05) is 0 Å². The fourth-order valence-electron chi connectivity index (χ4n) is 1.78. The summed E-state index contributed by atoms with van der Waals surface area (Å²) in [6, 6.07) is 5.32. The Bertz CT molecular complexity index is 669. The van der Waals surface area contributed by atoms with Crippen LogP contribution in [-0.4, -0.2) is 33.0 Å². The number of aromatic amines is 1. The van der Waals surface area contributed by atoms with Crippen LogP contribution in [0.1, 0.15) is 21.6 Å². The molecule has 106 valence electrons. The quantitative estimate of drug-likeness (QED) is 0.708. The number of carbonyl (C=O) groups is 2. The van der Waals surface area contributed by atoms with E-state index in [-0.39, 0.29) is 6.42 Å². The summed E-state index contributed by atoms with van der Waals surface area (Å²) in [4.78, 5) is 29.9. The van der Waals surface area contributed by atoms with Gasteiger partial charge in [-0.1, -0.05) is 5.92 Å². The lowest BCUT2D eigenvalue weighted by atomic mass is 10.1. The number of carboxylic acids is 1. The van der Waals surface area contributed by atoms with Gasteiger partial charge in [-0.15, -0.1) is 6.42 Å². The highest BCUT2D eigenvalue weighted by atomic mass is 16.4. The van der Waals surface area contributed by atoms with E-state index >= 15 is 0 Å². The Morgan fingerprint density at radius 2 is 2.10 bits per heavy atom. The first-order valence-electron chi connectivity index (χ1n) is 6.17. The zero-order valence-electron chi connectivity index (χ0n) is 11.0. The summed E-state index contributed by atoms with van der Waals surface area (Å²) in [5, 5.41) is 11.6. The van der Waals surface area contributed by atoms with Crippen LogP contribution in [0.3, 0.4) is 0 Å². The van der Waals surface area contributed by atoms with Crippen LogP contribution in [0, 0.1) is 12.3 Å². The van der Waals surface area contributed by atoms with Gasteiger partial charge in [0.2, 0.25) is 0 Å². The molecular weight excluding hydrogens is 270 g/mol. The lowest BCUT2D eigenvalue weighted by Gasteiger charge is -2.13. The van der Waals surface area contributed by atoms with Crippen molar-refractivity contribution in [3.8, 4) is 12.3 Å². The third kappa shape index (κ3) is 3.70. The van der Waals surface area contributed by atoms with Gasteiger partial charge in [0, 0.05) is 29.4 Å². The lowest BCUT2D eigenvalue weighted by Crippen LogP contribution is -2.42. The number of nitrogens with one attached hydrogen (secondary N) is 2. The standard InChI is InChI=1S/C15H13N3O3/c1-2-10-3-5-11(6-4-10)14(19)18-13(15(20)21)7-12-8-16-9-17-12/h1,3-6,8-9,13H,7H2,(H,16,17)(H,18,19)(H,20,21)/t13-/m0/s1. The normalized spacial score (nSPS) is 11.4. The average Bonchev–Trinajstić information content (AvgIpc) is 2.99. The summed E-state index contributed by atoms with van der Waals surface area (Å²) in [6.07, 6.45) is 8.33. The maximum Gasteiger partial charge on any atom is 0.326 e. The number of carboxylic acid groups (broad SMARTS) is 1. The SMILES string of the molecule is C#Cc1ccc(C(=O)N[C@@H](Cc2cnc[nH]2)C(=O)O)cc1. The molecule has 6 nitrogen and oxygen atoms in total. The first-order chi connectivity index (χ1) is 10.1. The maximum atomic E-state index is 12.0. The van der Waals surface area contributed by atoms with Crippen molar-refractivity contribution in [2.75, 3.05) is 0 Å². The second-order valence-electron chi connectivity index (χ2n) is 4.37. The number of aliphatic carboxylic acids is 1. The van der Waals surface area contributed by atoms with Gasteiger partial charge in [0.25, 0.3) is 5.91 Å². The molecule has 1 atom stereocenters. The number of benzene rings is 1. The number of nitrogens with zero attached hydrogens (tertiary/aromatic N) is 1. The second-order valence-corrected chi connectivity index (χ2v) is 4.37. The summed E-state index contributed by atoms with van der Waals surface area (Å²) >= 11 is 0.